The SMILES string of the molecule is CNc1ccccc1C(=O)N1CCC(c2nncn2C2CC2)CC1. The Morgan fingerprint density at radius 3 is 2.62 bits per heavy atom. The molecule has 1 saturated heterocycles. The van der Waals surface area contributed by atoms with Gasteiger partial charge in [-0.25, -0.2) is 0 Å². The van der Waals surface area contributed by atoms with Crippen molar-refractivity contribution >= 4 is 11.6 Å². The van der Waals surface area contributed by atoms with Gasteiger partial charge in [0.1, 0.15) is 12.2 Å². The molecule has 1 aromatic heterocycles. The molecule has 0 radical (unpaired) electrons. The Morgan fingerprint density at radius 1 is 1.17 bits per heavy atom. The second kappa shape index (κ2) is 6.26. The van der Waals surface area contributed by atoms with Crippen molar-refractivity contribution in [3.05, 3.63) is 42.0 Å². The average Bonchev–Trinajstić information content (AvgIpc) is 3.38. The predicted molar refractivity (Wildman–Crippen MR) is 92.2 cm³/mol. The van der Waals surface area contributed by atoms with E-state index in [0.717, 1.165) is 43.0 Å². The van der Waals surface area contributed by atoms with Crippen molar-refractivity contribution in [2.45, 2.75) is 37.6 Å². The number of amides is 1. The fourth-order valence-electron chi connectivity index (χ4n) is 3.58. The maximum atomic E-state index is 12.8. The summed E-state index contributed by atoms with van der Waals surface area (Å²) in [6.45, 7) is 1.55. The van der Waals surface area contributed by atoms with E-state index in [-0.39, 0.29) is 5.91 Å². The lowest BCUT2D eigenvalue weighted by Gasteiger charge is -2.32. The summed E-state index contributed by atoms with van der Waals surface area (Å²) in [5.74, 6) is 1.64. The van der Waals surface area contributed by atoms with Crippen LogP contribution in [0.15, 0.2) is 30.6 Å². The number of piperidine rings is 1. The summed E-state index contributed by atoms with van der Waals surface area (Å²) in [6.07, 6.45) is 6.26. The third-order valence-electron chi connectivity index (χ3n) is 5.12. The maximum Gasteiger partial charge on any atom is 0.255 e. The summed E-state index contributed by atoms with van der Waals surface area (Å²) in [4.78, 5) is 14.8. The monoisotopic (exact) mass is 325 g/mol. The first-order valence-electron chi connectivity index (χ1n) is 8.73. The number of anilines is 1. The Balaban J connectivity index is 1.44. The minimum atomic E-state index is 0.113. The topological polar surface area (TPSA) is 63.1 Å². The van der Waals surface area contributed by atoms with Crippen molar-refractivity contribution in [2.24, 2.45) is 0 Å². The minimum Gasteiger partial charge on any atom is -0.387 e. The largest absolute Gasteiger partial charge is 0.387 e. The van der Waals surface area contributed by atoms with Crippen LogP contribution in [0.2, 0.25) is 0 Å². The molecule has 0 spiro atoms. The lowest BCUT2D eigenvalue weighted by Crippen LogP contribution is -2.38. The van der Waals surface area contributed by atoms with Crippen molar-refractivity contribution in [3.8, 4) is 0 Å². The molecule has 0 atom stereocenters. The molecule has 1 aliphatic heterocycles. The van der Waals surface area contributed by atoms with E-state index < -0.39 is 0 Å². The highest BCUT2D eigenvalue weighted by molar-refractivity contribution is 5.99. The summed E-state index contributed by atoms with van der Waals surface area (Å²) in [5.41, 5.74) is 1.64. The van der Waals surface area contributed by atoms with Crippen molar-refractivity contribution < 1.29 is 4.79 Å². The van der Waals surface area contributed by atoms with Crippen LogP contribution in [0, 0.1) is 0 Å². The molecular weight excluding hydrogens is 302 g/mol. The highest BCUT2D eigenvalue weighted by Crippen LogP contribution is 2.38. The molecule has 6 heteroatoms. The summed E-state index contributed by atoms with van der Waals surface area (Å²) in [6, 6.07) is 8.30. The first-order chi connectivity index (χ1) is 11.8. The van der Waals surface area contributed by atoms with Gasteiger partial charge >= 0.3 is 0 Å². The number of aromatic nitrogens is 3. The third-order valence-corrected chi connectivity index (χ3v) is 5.12. The summed E-state index contributed by atoms with van der Waals surface area (Å²) >= 11 is 0. The predicted octanol–water partition coefficient (Wildman–Crippen LogP) is 2.67. The van der Waals surface area contributed by atoms with E-state index >= 15 is 0 Å². The zero-order valence-corrected chi connectivity index (χ0v) is 14.0. The first kappa shape index (κ1) is 15.2. The Bertz CT molecular complexity index is 729. The molecule has 126 valence electrons. The number of hydrogen-bond acceptors (Lipinski definition) is 4. The average molecular weight is 325 g/mol. The van der Waals surface area contributed by atoms with Gasteiger partial charge in [0, 0.05) is 37.8 Å². The van der Waals surface area contributed by atoms with Crippen LogP contribution >= 0.6 is 0 Å². The van der Waals surface area contributed by atoms with Gasteiger partial charge < -0.3 is 14.8 Å². The molecule has 24 heavy (non-hydrogen) atoms. The van der Waals surface area contributed by atoms with Crippen LogP contribution < -0.4 is 5.32 Å². The standard InChI is InChI=1S/C18H23N5O/c1-19-16-5-3-2-4-15(16)18(24)22-10-8-13(9-11-22)17-21-20-12-23(17)14-6-7-14/h2-5,12-14,19H,6-11H2,1H3. The van der Waals surface area contributed by atoms with E-state index in [1.165, 1.54) is 12.8 Å². The molecule has 0 unspecified atom stereocenters. The normalized spacial score (nSPS) is 18.6. The quantitative estimate of drug-likeness (QED) is 0.939. The lowest BCUT2D eigenvalue weighted by atomic mass is 9.95. The van der Waals surface area contributed by atoms with Gasteiger partial charge in [0.05, 0.1) is 5.56 Å². The second-order valence-corrected chi connectivity index (χ2v) is 6.69. The van der Waals surface area contributed by atoms with E-state index in [4.69, 9.17) is 0 Å². The number of para-hydroxylation sites is 1. The lowest BCUT2D eigenvalue weighted by molar-refractivity contribution is 0.0711. The van der Waals surface area contributed by atoms with Gasteiger partial charge in [-0.1, -0.05) is 12.1 Å². The molecule has 2 aromatic rings. The van der Waals surface area contributed by atoms with Crippen LogP contribution in [0.25, 0.3) is 0 Å². The van der Waals surface area contributed by atoms with Crippen molar-refractivity contribution in [2.75, 3.05) is 25.5 Å². The van der Waals surface area contributed by atoms with Crippen molar-refractivity contribution in [3.63, 3.8) is 0 Å². The highest BCUT2D eigenvalue weighted by Gasteiger charge is 2.32. The number of nitrogens with zero attached hydrogens (tertiary/aromatic N) is 4. The molecule has 1 amide bonds. The van der Waals surface area contributed by atoms with E-state index in [1.54, 1.807) is 0 Å². The summed E-state index contributed by atoms with van der Waals surface area (Å²) in [7, 11) is 1.85. The fraction of sp³-hybridized carbons (Fsp3) is 0.500. The second-order valence-electron chi connectivity index (χ2n) is 6.69. The number of carbonyl (C=O) groups excluding carboxylic acids is 1. The van der Waals surface area contributed by atoms with Crippen LogP contribution in [-0.2, 0) is 0 Å². The highest BCUT2D eigenvalue weighted by atomic mass is 16.2. The molecule has 2 aliphatic rings. The summed E-state index contributed by atoms with van der Waals surface area (Å²) in [5, 5.41) is 11.6. The van der Waals surface area contributed by atoms with Gasteiger partial charge in [0.15, 0.2) is 0 Å². The molecule has 1 N–H and O–H groups in total. The number of hydrogen-bond donors (Lipinski definition) is 1. The molecule has 6 nitrogen and oxygen atoms in total. The number of carbonyl (C=O) groups is 1. The number of nitrogens with one attached hydrogen (secondary N) is 1. The van der Waals surface area contributed by atoms with E-state index in [0.29, 0.717) is 12.0 Å². The number of rotatable bonds is 4. The molecule has 1 saturated carbocycles. The Hall–Kier alpha value is -2.37. The molecule has 1 aromatic carbocycles. The third kappa shape index (κ3) is 2.77. The Morgan fingerprint density at radius 2 is 1.92 bits per heavy atom. The minimum absolute atomic E-state index is 0.113. The van der Waals surface area contributed by atoms with Gasteiger partial charge in [0.2, 0.25) is 0 Å². The van der Waals surface area contributed by atoms with Gasteiger partial charge in [-0.3, -0.25) is 4.79 Å². The zero-order chi connectivity index (χ0) is 16.5. The van der Waals surface area contributed by atoms with Crippen LogP contribution in [0.1, 0.15) is 53.8 Å². The molecule has 4 rings (SSSR count). The van der Waals surface area contributed by atoms with Gasteiger partial charge in [0.25, 0.3) is 5.91 Å². The first-order valence-corrected chi connectivity index (χ1v) is 8.73. The molecule has 2 heterocycles. The van der Waals surface area contributed by atoms with Crippen molar-refractivity contribution in [1.29, 1.82) is 0 Å². The van der Waals surface area contributed by atoms with Gasteiger partial charge in [-0.15, -0.1) is 10.2 Å². The van der Waals surface area contributed by atoms with E-state index in [2.05, 4.69) is 20.1 Å². The smallest absolute Gasteiger partial charge is 0.255 e. The van der Waals surface area contributed by atoms with Gasteiger partial charge in [-0.2, -0.15) is 0 Å². The zero-order valence-electron chi connectivity index (χ0n) is 14.0. The van der Waals surface area contributed by atoms with E-state index in [1.807, 2.05) is 42.5 Å². The molecule has 1 aliphatic carbocycles. The van der Waals surface area contributed by atoms with E-state index in [9.17, 15) is 4.79 Å². The summed E-state index contributed by atoms with van der Waals surface area (Å²) < 4.78 is 2.25. The fourth-order valence-corrected chi connectivity index (χ4v) is 3.58. The number of benzene rings is 1. The van der Waals surface area contributed by atoms with Crippen LogP contribution in [0.4, 0.5) is 5.69 Å². The van der Waals surface area contributed by atoms with Gasteiger partial charge in [-0.05, 0) is 37.8 Å². The maximum absolute atomic E-state index is 12.8. The Labute approximate surface area is 141 Å². The number of likely N-dealkylation sites (tertiary alicyclic amines) is 1. The molecular formula is C18H23N5O. The van der Waals surface area contributed by atoms with Crippen LogP contribution in [0.5, 0.6) is 0 Å². The Kier molecular flexibility index (Phi) is 3.96. The van der Waals surface area contributed by atoms with Crippen molar-refractivity contribution in [1.82, 2.24) is 19.7 Å². The van der Waals surface area contributed by atoms with Crippen LogP contribution in [0.3, 0.4) is 0 Å². The molecule has 2 fully saturated rings. The molecule has 0 bridgehead atoms. The van der Waals surface area contributed by atoms with Crippen LogP contribution in [-0.4, -0.2) is 45.7 Å².